The van der Waals surface area contributed by atoms with Crippen molar-refractivity contribution in [3.63, 3.8) is 0 Å². The summed E-state index contributed by atoms with van der Waals surface area (Å²) in [5.74, 6) is -4.32. The average Bonchev–Trinajstić information content (AvgIpc) is 2.26. The monoisotopic (exact) mass is 380 g/mol. The predicted molar refractivity (Wildman–Crippen MR) is 53.1 cm³/mol. The van der Waals surface area contributed by atoms with E-state index in [1.807, 2.05) is 0 Å². The fourth-order valence-corrected chi connectivity index (χ4v) is 3.31. The standard InChI is InChI=1S/C8H4F6O5S2.Na/c9-4-2-1-3-5(10)6(4)20(15,16)7(11,12)8(13,14)21(17,18)19;/h1-3H,(H,17,18,19);/q;+1/p-1. The van der Waals surface area contributed by atoms with Crippen LogP contribution >= 0.6 is 0 Å². The predicted octanol–water partition coefficient (Wildman–Crippen LogP) is -1.53. The molecule has 0 saturated carbocycles. The molecule has 0 unspecified atom stereocenters. The molecule has 14 heteroatoms. The van der Waals surface area contributed by atoms with Gasteiger partial charge in [-0.1, -0.05) is 6.07 Å². The first-order valence-electron chi connectivity index (χ1n) is 4.57. The molecule has 0 spiro atoms. The molecule has 1 rings (SSSR count). The van der Waals surface area contributed by atoms with Crippen LogP contribution in [0.5, 0.6) is 0 Å². The Bertz CT molecular complexity index is 756. The minimum Gasteiger partial charge on any atom is -0.743 e. The van der Waals surface area contributed by atoms with Crippen molar-refractivity contribution in [2.24, 2.45) is 0 Å². The molecular formula is C8H3F6NaO5S2. The molecule has 0 aromatic heterocycles. The molecule has 0 fully saturated rings. The van der Waals surface area contributed by atoms with Gasteiger partial charge in [0.15, 0.2) is 10.1 Å². The summed E-state index contributed by atoms with van der Waals surface area (Å²) in [4.78, 5) is -2.47. The zero-order valence-corrected chi connectivity index (χ0v) is 14.0. The van der Waals surface area contributed by atoms with Gasteiger partial charge in [0.05, 0.1) is 0 Å². The van der Waals surface area contributed by atoms with Gasteiger partial charge in [-0.2, -0.15) is 17.6 Å². The average molecular weight is 380 g/mol. The Morgan fingerprint density at radius 3 is 1.55 bits per heavy atom. The molecule has 120 valence electrons. The molecule has 1 aromatic carbocycles. The molecular weight excluding hydrogens is 377 g/mol. The van der Waals surface area contributed by atoms with Crippen molar-refractivity contribution in [1.29, 1.82) is 0 Å². The van der Waals surface area contributed by atoms with Gasteiger partial charge >= 0.3 is 40.1 Å². The van der Waals surface area contributed by atoms with Crippen LogP contribution in [-0.2, 0) is 20.0 Å². The number of hydrogen-bond acceptors (Lipinski definition) is 5. The SMILES string of the molecule is O=S(=O)([O-])C(F)(F)C(F)(F)S(=O)(=O)c1c(F)cccc1F.[Na+]. The first-order valence-corrected chi connectivity index (χ1v) is 7.47. The minimum absolute atomic E-state index is 0. The number of halogens is 6. The molecule has 1 aromatic rings. The van der Waals surface area contributed by atoms with E-state index < -0.39 is 47.0 Å². The van der Waals surface area contributed by atoms with Crippen molar-refractivity contribution in [1.82, 2.24) is 0 Å². The number of alkyl halides is 4. The summed E-state index contributed by atoms with van der Waals surface area (Å²) < 4.78 is 131. The van der Waals surface area contributed by atoms with Crippen LogP contribution in [0.4, 0.5) is 26.3 Å². The molecule has 0 N–H and O–H groups in total. The van der Waals surface area contributed by atoms with Crippen molar-refractivity contribution in [3.05, 3.63) is 29.8 Å². The van der Waals surface area contributed by atoms with Crippen molar-refractivity contribution in [2.45, 2.75) is 15.4 Å². The first-order chi connectivity index (χ1) is 9.18. The van der Waals surface area contributed by atoms with Gasteiger partial charge in [-0.25, -0.2) is 25.6 Å². The summed E-state index contributed by atoms with van der Waals surface area (Å²) in [5.41, 5.74) is 0. The summed E-state index contributed by atoms with van der Waals surface area (Å²) in [5, 5.41) is -13.2. The maximum absolute atomic E-state index is 13.3. The van der Waals surface area contributed by atoms with E-state index >= 15 is 0 Å². The van der Waals surface area contributed by atoms with Crippen molar-refractivity contribution in [2.75, 3.05) is 0 Å². The van der Waals surface area contributed by atoms with E-state index in [0.29, 0.717) is 6.07 Å². The minimum atomic E-state index is -7.13. The number of hydrogen-bond donors (Lipinski definition) is 0. The molecule has 0 atom stereocenters. The molecule has 0 saturated heterocycles. The van der Waals surface area contributed by atoms with E-state index in [9.17, 15) is 47.7 Å². The Kier molecular flexibility index (Phi) is 6.18. The maximum atomic E-state index is 13.3. The van der Waals surface area contributed by atoms with E-state index in [2.05, 4.69) is 0 Å². The largest absolute Gasteiger partial charge is 1.00 e. The quantitative estimate of drug-likeness (QED) is 0.359. The molecule has 0 aliphatic carbocycles. The van der Waals surface area contributed by atoms with Gasteiger partial charge in [-0.3, -0.25) is 0 Å². The van der Waals surface area contributed by atoms with Crippen LogP contribution in [0.25, 0.3) is 0 Å². The maximum Gasteiger partial charge on any atom is 1.00 e. The fraction of sp³-hybridized carbons (Fsp3) is 0.250. The van der Waals surface area contributed by atoms with Crippen molar-refractivity contribution >= 4 is 20.0 Å². The normalized spacial score (nSPS) is 13.6. The van der Waals surface area contributed by atoms with Gasteiger partial charge in [-0.15, -0.1) is 0 Å². The Hall–Kier alpha value is -0.340. The van der Waals surface area contributed by atoms with Crippen LogP contribution in [-0.4, -0.2) is 31.9 Å². The number of sulfone groups is 1. The molecule has 0 heterocycles. The van der Waals surface area contributed by atoms with E-state index in [0.717, 1.165) is 0 Å². The second kappa shape index (κ2) is 6.28. The zero-order chi connectivity index (χ0) is 16.9. The summed E-state index contributed by atoms with van der Waals surface area (Å²) in [7, 11) is -14.0. The summed E-state index contributed by atoms with van der Waals surface area (Å²) >= 11 is 0. The molecule has 0 aliphatic heterocycles. The number of rotatable bonds is 4. The smallest absolute Gasteiger partial charge is 0.743 e. The van der Waals surface area contributed by atoms with Gasteiger partial charge in [0.25, 0.3) is 9.84 Å². The van der Waals surface area contributed by atoms with Gasteiger partial charge < -0.3 is 4.55 Å². The Morgan fingerprint density at radius 1 is 0.864 bits per heavy atom. The third-order valence-corrected chi connectivity index (χ3v) is 5.05. The van der Waals surface area contributed by atoms with E-state index in [1.54, 1.807) is 0 Å². The molecule has 0 amide bonds. The van der Waals surface area contributed by atoms with Crippen LogP contribution in [0.2, 0.25) is 0 Å². The summed E-state index contributed by atoms with van der Waals surface area (Å²) in [6, 6.07) is 0.871. The second-order valence-electron chi connectivity index (χ2n) is 3.54. The zero-order valence-electron chi connectivity index (χ0n) is 10.4. The third-order valence-electron chi connectivity index (χ3n) is 2.18. The van der Waals surface area contributed by atoms with Gasteiger partial charge in [0, 0.05) is 0 Å². The third kappa shape index (κ3) is 3.14. The van der Waals surface area contributed by atoms with Crippen molar-refractivity contribution in [3.8, 4) is 0 Å². The molecule has 22 heavy (non-hydrogen) atoms. The molecule has 0 radical (unpaired) electrons. The molecule has 0 bridgehead atoms. The van der Waals surface area contributed by atoms with Crippen LogP contribution in [0.15, 0.2) is 23.1 Å². The number of benzene rings is 1. The Labute approximate surface area is 142 Å². The first kappa shape index (κ1) is 21.7. The van der Waals surface area contributed by atoms with Crippen LogP contribution in [0.3, 0.4) is 0 Å². The van der Waals surface area contributed by atoms with E-state index in [4.69, 9.17) is 0 Å². The summed E-state index contributed by atoms with van der Waals surface area (Å²) in [6.07, 6.45) is 0. The van der Waals surface area contributed by atoms with E-state index in [-0.39, 0.29) is 41.7 Å². The van der Waals surface area contributed by atoms with Gasteiger partial charge in [-0.05, 0) is 12.1 Å². The summed E-state index contributed by atoms with van der Waals surface area (Å²) in [6.45, 7) is 0. The van der Waals surface area contributed by atoms with Crippen LogP contribution in [0, 0.1) is 11.6 Å². The van der Waals surface area contributed by atoms with Crippen LogP contribution < -0.4 is 29.6 Å². The van der Waals surface area contributed by atoms with Crippen molar-refractivity contribution < 1.29 is 77.3 Å². The Morgan fingerprint density at radius 2 is 1.23 bits per heavy atom. The van der Waals surface area contributed by atoms with Gasteiger partial charge in [0.2, 0.25) is 0 Å². The molecule has 0 aliphatic rings. The Balaban J connectivity index is 0.00000441. The second-order valence-corrected chi connectivity index (χ2v) is 6.89. The van der Waals surface area contributed by atoms with E-state index in [1.165, 1.54) is 0 Å². The topological polar surface area (TPSA) is 91.3 Å². The van der Waals surface area contributed by atoms with Crippen LogP contribution in [0.1, 0.15) is 0 Å². The van der Waals surface area contributed by atoms with Gasteiger partial charge in [0.1, 0.15) is 16.5 Å². The molecule has 5 nitrogen and oxygen atoms in total. The fourth-order valence-electron chi connectivity index (χ4n) is 1.17.